The Kier molecular flexibility index (Phi) is 9.34. The zero-order valence-electron chi connectivity index (χ0n) is 19.9. The standard InChI is InChI=1S/C18H11F15N2O7/c1-3-6(2)8-4-7(34(37)38)5-9(35(39)40)10(8)41-11(36)42-18(32,33)14(21,22)12(15(23,24)25,16(26,27)28)13(19,20)17(29,30)31/h4-6H,3H2,1-2H3. The molecule has 42 heavy (non-hydrogen) atoms. The molecule has 0 saturated heterocycles. The van der Waals surface area contributed by atoms with Crippen LogP contribution in [0, 0.1) is 25.6 Å². The molecule has 1 rings (SSSR count). The second kappa shape index (κ2) is 10.8. The van der Waals surface area contributed by atoms with E-state index in [1.54, 1.807) is 0 Å². The number of hydrogen-bond donors (Lipinski definition) is 0. The van der Waals surface area contributed by atoms with E-state index >= 15 is 0 Å². The second-order valence-electron chi connectivity index (χ2n) is 8.07. The second-order valence-corrected chi connectivity index (χ2v) is 8.07. The van der Waals surface area contributed by atoms with Gasteiger partial charge >= 0.3 is 53.7 Å². The highest BCUT2D eigenvalue weighted by atomic mass is 19.4. The van der Waals surface area contributed by atoms with Crippen LogP contribution in [0.5, 0.6) is 5.75 Å². The summed E-state index contributed by atoms with van der Waals surface area (Å²) in [6, 6.07) is 0.336. The molecule has 0 aliphatic heterocycles. The number of hydrogen-bond acceptors (Lipinski definition) is 7. The molecule has 1 aromatic rings. The average Bonchev–Trinajstić information content (AvgIpc) is 2.74. The number of benzene rings is 1. The van der Waals surface area contributed by atoms with Crippen molar-refractivity contribution < 1.29 is 90.0 Å². The first kappa shape index (κ1) is 36.3. The number of alkyl halides is 15. The molecular formula is C18H11F15N2O7. The third-order valence-electron chi connectivity index (χ3n) is 5.54. The normalized spacial score (nSPS) is 14.8. The minimum atomic E-state index is -9.01. The summed E-state index contributed by atoms with van der Waals surface area (Å²) in [5.74, 6) is -20.4. The fourth-order valence-electron chi connectivity index (χ4n) is 3.33. The molecular weight excluding hydrogens is 641 g/mol. The Labute approximate surface area is 220 Å². The highest BCUT2D eigenvalue weighted by molar-refractivity contribution is 5.70. The van der Waals surface area contributed by atoms with Gasteiger partial charge < -0.3 is 9.47 Å². The van der Waals surface area contributed by atoms with Crippen LogP contribution in [0.1, 0.15) is 31.7 Å². The number of carbonyl (C=O) groups is 1. The number of rotatable bonds is 9. The van der Waals surface area contributed by atoms with E-state index in [9.17, 15) is 90.9 Å². The molecule has 0 saturated carbocycles. The molecule has 1 unspecified atom stereocenters. The predicted octanol–water partition coefficient (Wildman–Crippen LogP) is 8.07. The lowest BCUT2D eigenvalue weighted by molar-refractivity contribution is -0.523. The van der Waals surface area contributed by atoms with Gasteiger partial charge in [-0.2, -0.15) is 65.9 Å². The van der Waals surface area contributed by atoms with E-state index in [1.165, 1.54) is 6.92 Å². The van der Waals surface area contributed by atoms with Gasteiger partial charge in [0, 0.05) is 11.6 Å². The van der Waals surface area contributed by atoms with Crippen LogP contribution in [0.3, 0.4) is 0 Å². The van der Waals surface area contributed by atoms with Crippen molar-refractivity contribution in [1.82, 2.24) is 0 Å². The van der Waals surface area contributed by atoms with Crippen molar-refractivity contribution >= 4 is 17.5 Å². The van der Waals surface area contributed by atoms with Gasteiger partial charge in [-0.3, -0.25) is 20.2 Å². The molecule has 0 spiro atoms. The van der Waals surface area contributed by atoms with Gasteiger partial charge in [0.15, 0.2) is 0 Å². The molecule has 0 heterocycles. The van der Waals surface area contributed by atoms with Gasteiger partial charge in [-0.1, -0.05) is 13.8 Å². The lowest BCUT2D eigenvalue weighted by Gasteiger charge is -2.47. The maximum Gasteiger partial charge on any atom is 0.518 e. The number of halogens is 15. The average molecular weight is 652 g/mol. The molecule has 0 bridgehead atoms. The Morgan fingerprint density at radius 2 is 1.24 bits per heavy atom. The third-order valence-corrected chi connectivity index (χ3v) is 5.54. The maximum atomic E-state index is 14.4. The summed E-state index contributed by atoms with van der Waals surface area (Å²) in [7, 11) is 0. The lowest BCUT2D eigenvalue weighted by atomic mass is 9.72. The Bertz CT molecular complexity index is 1210. The number of non-ortho nitro benzene ring substituents is 1. The number of ether oxygens (including phenoxy) is 2. The molecule has 0 aliphatic carbocycles. The van der Waals surface area contributed by atoms with Crippen molar-refractivity contribution in [3.63, 3.8) is 0 Å². The van der Waals surface area contributed by atoms with Crippen molar-refractivity contribution in [2.24, 2.45) is 5.41 Å². The van der Waals surface area contributed by atoms with E-state index in [0.717, 1.165) is 6.92 Å². The van der Waals surface area contributed by atoms with Crippen LogP contribution < -0.4 is 4.74 Å². The maximum absolute atomic E-state index is 14.4. The Morgan fingerprint density at radius 1 is 0.786 bits per heavy atom. The Morgan fingerprint density at radius 3 is 1.57 bits per heavy atom. The summed E-state index contributed by atoms with van der Waals surface area (Å²) >= 11 is 0. The van der Waals surface area contributed by atoms with E-state index < -0.39 is 86.5 Å². The number of carbonyl (C=O) groups excluding carboxylic acids is 1. The number of nitro benzene ring substituents is 2. The van der Waals surface area contributed by atoms with Gasteiger partial charge in [0.25, 0.3) is 5.69 Å². The molecule has 0 fully saturated rings. The van der Waals surface area contributed by atoms with Gasteiger partial charge in [0.05, 0.1) is 15.9 Å². The SMILES string of the molecule is CCC(C)c1cc([N+](=O)[O-])cc([N+](=O)[O-])c1OC(=O)OC(F)(F)C(F)(F)C(C(F)(F)F)(C(F)(F)F)C(F)(F)C(F)(F)F. The smallest absolute Gasteiger partial charge is 0.387 e. The number of nitrogens with zero attached hydrogens (tertiary/aromatic N) is 2. The van der Waals surface area contributed by atoms with E-state index in [0.29, 0.717) is 6.07 Å². The third kappa shape index (κ3) is 5.65. The highest BCUT2D eigenvalue weighted by Gasteiger charge is 3.01. The largest absolute Gasteiger partial charge is 0.518 e. The van der Waals surface area contributed by atoms with Crippen molar-refractivity contribution in [1.29, 1.82) is 0 Å². The molecule has 1 atom stereocenters. The van der Waals surface area contributed by atoms with Crippen LogP contribution in [-0.2, 0) is 4.74 Å². The zero-order chi connectivity index (χ0) is 33.7. The van der Waals surface area contributed by atoms with Crippen LogP contribution >= 0.6 is 0 Å². The monoisotopic (exact) mass is 652 g/mol. The van der Waals surface area contributed by atoms with E-state index in [-0.39, 0.29) is 12.5 Å². The lowest BCUT2D eigenvalue weighted by Crippen LogP contribution is -2.77. The summed E-state index contributed by atoms with van der Waals surface area (Å²) < 4.78 is 208. The molecule has 0 aliphatic rings. The summed E-state index contributed by atoms with van der Waals surface area (Å²) in [4.78, 5) is 31.2. The minimum absolute atomic E-state index is 0.0382. The quantitative estimate of drug-likeness (QED) is 0.0870. The fraction of sp³-hybridized carbons (Fsp3) is 0.611. The summed E-state index contributed by atoms with van der Waals surface area (Å²) in [5, 5.41) is 22.3. The van der Waals surface area contributed by atoms with Crippen molar-refractivity contribution in [2.75, 3.05) is 0 Å². The number of nitro groups is 2. The molecule has 0 N–H and O–H groups in total. The molecule has 1 aromatic carbocycles. The van der Waals surface area contributed by atoms with Gasteiger partial charge in [0.2, 0.25) is 5.75 Å². The first-order valence-corrected chi connectivity index (χ1v) is 10.2. The highest BCUT2D eigenvalue weighted by Crippen LogP contribution is 2.71. The van der Waals surface area contributed by atoms with Crippen molar-refractivity contribution in [3.05, 3.63) is 37.9 Å². The predicted molar refractivity (Wildman–Crippen MR) is 101 cm³/mol. The van der Waals surface area contributed by atoms with Crippen LogP contribution in [0.25, 0.3) is 0 Å². The van der Waals surface area contributed by atoms with Crippen LogP contribution in [0.2, 0.25) is 0 Å². The zero-order valence-corrected chi connectivity index (χ0v) is 19.9. The van der Waals surface area contributed by atoms with Gasteiger partial charge in [-0.15, -0.1) is 0 Å². The Balaban J connectivity index is 3.91. The van der Waals surface area contributed by atoms with Gasteiger partial charge in [0.1, 0.15) is 0 Å². The van der Waals surface area contributed by atoms with E-state index in [2.05, 4.69) is 9.47 Å². The van der Waals surface area contributed by atoms with Crippen LogP contribution in [0.4, 0.5) is 82.0 Å². The van der Waals surface area contributed by atoms with Crippen molar-refractivity contribution in [3.8, 4) is 5.75 Å². The summed E-state index contributed by atoms with van der Waals surface area (Å²) in [5.41, 5.74) is -12.7. The fourth-order valence-corrected chi connectivity index (χ4v) is 3.33. The first-order valence-electron chi connectivity index (χ1n) is 10.2. The molecule has 24 heteroatoms. The van der Waals surface area contributed by atoms with Gasteiger partial charge in [-0.25, -0.2) is 4.79 Å². The van der Waals surface area contributed by atoms with E-state index in [4.69, 9.17) is 0 Å². The van der Waals surface area contributed by atoms with Crippen LogP contribution in [0.15, 0.2) is 12.1 Å². The van der Waals surface area contributed by atoms with E-state index in [1.807, 2.05) is 0 Å². The first-order chi connectivity index (χ1) is 18.5. The summed E-state index contributed by atoms with van der Waals surface area (Å²) in [6.45, 7) is 2.31. The molecule has 9 nitrogen and oxygen atoms in total. The summed E-state index contributed by atoms with van der Waals surface area (Å²) in [6.07, 6.45) is -37.1. The topological polar surface area (TPSA) is 122 Å². The molecule has 0 aromatic heterocycles. The molecule has 240 valence electrons. The van der Waals surface area contributed by atoms with Gasteiger partial charge in [-0.05, 0) is 12.3 Å². The van der Waals surface area contributed by atoms with Crippen LogP contribution in [-0.4, -0.2) is 52.5 Å². The molecule has 0 amide bonds. The minimum Gasteiger partial charge on any atom is -0.387 e. The molecule has 0 radical (unpaired) electrons. The Hall–Kier alpha value is -3.76. The van der Waals surface area contributed by atoms with Crippen molar-refractivity contribution in [2.45, 2.75) is 62.7 Å².